The lowest BCUT2D eigenvalue weighted by Crippen LogP contribution is -2.41. The number of esters is 1. The van der Waals surface area contributed by atoms with Crippen LogP contribution in [0.2, 0.25) is 0 Å². The number of benzene rings is 1. The minimum Gasteiger partial charge on any atom is -0.465 e. The first-order valence-electron chi connectivity index (χ1n) is 6.52. The maximum Gasteiger partial charge on any atom is 0.337 e. The monoisotopic (exact) mass is 260 g/mol. The van der Waals surface area contributed by atoms with Gasteiger partial charge in [0.2, 0.25) is 0 Å². The molecule has 0 radical (unpaired) electrons. The molecule has 0 spiro atoms. The molecule has 0 aliphatic carbocycles. The normalized spacial score (nSPS) is 19.4. The van der Waals surface area contributed by atoms with Gasteiger partial charge in [-0.15, -0.1) is 0 Å². The van der Waals surface area contributed by atoms with E-state index in [4.69, 9.17) is 10.5 Å². The van der Waals surface area contributed by atoms with Gasteiger partial charge in [0.15, 0.2) is 0 Å². The maximum absolute atomic E-state index is 11.5. The largest absolute Gasteiger partial charge is 0.465 e. The van der Waals surface area contributed by atoms with Gasteiger partial charge in [-0.2, -0.15) is 0 Å². The lowest BCUT2D eigenvalue weighted by Gasteiger charge is -2.31. The van der Waals surface area contributed by atoms with Crippen LogP contribution in [0, 0.1) is 0 Å². The Morgan fingerprint density at radius 1 is 1.53 bits per heavy atom. The maximum atomic E-state index is 11.5. The van der Waals surface area contributed by atoms with Crippen molar-refractivity contribution in [2.24, 2.45) is 5.73 Å². The van der Waals surface area contributed by atoms with E-state index in [2.05, 4.69) is 17.1 Å². The van der Waals surface area contributed by atoms with Crippen LogP contribution in [0.3, 0.4) is 0 Å². The van der Waals surface area contributed by atoms with Crippen LogP contribution in [0.25, 0.3) is 0 Å². The molecule has 1 atom stereocenters. The van der Waals surface area contributed by atoms with E-state index in [1.807, 2.05) is 18.2 Å². The Bertz CT molecular complexity index is 471. The molecule has 102 valence electrons. The van der Waals surface area contributed by atoms with Crippen molar-refractivity contribution in [3.8, 4) is 0 Å². The summed E-state index contributed by atoms with van der Waals surface area (Å²) in [6.45, 7) is 2.42. The average Bonchev–Trinajstić information content (AvgIpc) is 2.47. The van der Waals surface area contributed by atoms with E-state index in [9.17, 15) is 4.79 Å². The van der Waals surface area contributed by atoms with Crippen molar-refractivity contribution >= 4 is 5.97 Å². The number of hydrogen-bond donors (Lipinski definition) is 1. The summed E-state index contributed by atoms with van der Waals surface area (Å²) in [4.78, 5) is 13.8. The van der Waals surface area contributed by atoms with E-state index in [-0.39, 0.29) is 12.0 Å². The van der Waals surface area contributed by atoms with Crippen LogP contribution in [0.5, 0.6) is 0 Å². The molecule has 0 saturated heterocycles. The lowest BCUT2D eigenvalue weighted by molar-refractivity contribution is 0.0600. The third-order valence-electron chi connectivity index (χ3n) is 3.39. The Balaban J connectivity index is 2.10. The summed E-state index contributed by atoms with van der Waals surface area (Å²) in [5, 5.41) is 0. The first-order valence-corrected chi connectivity index (χ1v) is 6.52. The van der Waals surface area contributed by atoms with Crippen molar-refractivity contribution in [1.29, 1.82) is 0 Å². The Labute approximate surface area is 113 Å². The molecular weight excluding hydrogens is 240 g/mol. The molecule has 1 heterocycles. The minimum absolute atomic E-state index is 0.288. The summed E-state index contributed by atoms with van der Waals surface area (Å²) in [6.07, 6.45) is 5.39. The molecule has 0 saturated carbocycles. The fourth-order valence-electron chi connectivity index (χ4n) is 2.35. The topological polar surface area (TPSA) is 55.6 Å². The highest BCUT2D eigenvalue weighted by Crippen LogP contribution is 2.15. The zero-order chi connectivity index (χ0) is 13.7. The number of methoxy groups -OCH3 is 1. The molecule has 0 bridgehead atoms. The van der Waals surface area contributed by atoms with E-state index in [0.29, 0.717) is 12.1 Å². The summed E-state index contributed by atoms with van der Waals surface area (Å²) >= 11 is 0. The van der Waals surface area contributed by atoms with Gasteiger partial charge in [0.05, 0.1) is 12.7 Å². The molecule has 1 aromatic rings. The number of nitrogens with two attached hydrogens (primary N) is 1. The zero-order valence-electron chi connectivity index (χ0n) is 11.2. The van der Waals surface area contributed by atoms with Crippen LogP contribution in [0.15, 0.2) is 36.4 Å². The molecular formula is C15H20N2O2. The van der Waals surface area contributed by atoms with Crippen molar-refractivity contribution in [1.82, 2.24) is 4.90 Å². The van der Waals surface area contributed by atoms with Crippen molar-refractivity contribution in [3.05, 3.63) is 47.5 Å². The lowest BCUT2D eigenvalue weighted by atomic mass is 10.1. The molecule has 4 nitrogen and oxygen atoms in total. The van der Waals surface area contributed by atoms with Gasteiger partial charge in [-0.25, -0.2) is 4.79 Å². The standard InChI is InChI=1S/C15H20N2O2/c1-19-15(18)13-6-4-5-12(9-13)11-17-8-3-2-7-14(17)10-16/h2,4-7,9,14H,3,8,10-11,16H2,1H3. The molecule has 1 unspecified atom stereocenters. The second-order valence-corrected chi connectivity index (χ2v) is 4.68. The fourth-order valence-corrected chi connectivity index (χ4v) is 2.35. The van der Waals surface area contributed by atoms with E-state index >= 15 is 0 Å². The van der Waals surface area contributed by atoms with Crippen molar-refractivity contribution in [2.75, 3.05) is 20.2 Å². The SMILES string of the molecule is COC(=O)c1cccc(CN2CCC=CC2CN)c1. The summed E-state index contributed by atoms with van der Waals surface area (Å²) in [5.74, 6) is -0.296. The smallest absolute Gasteiger partial charge is 0.337 e. The second kappa shape index (κ2) is 6.50. The first kappa shape index (κ1) is 13.8. The summed E-state index contributed by atoms with van der Waals surface area (Å²) < 4.78 is 4.74. The number of nitrogens with zero attached hydrogens (tertiary/aromatic N) is 1. The van der Waals surface area contributed by atoms with Gasteiger partial charge in [-0.1, -0.05) is 24.3 Å². The Morgan fingerprint density at radius 2 is 2.37 bits per heavy atom. The Kier molecular flexibility index (Phi) is 4.71. The average molecular weight is 260 g/mol. The number of carbonyl (C=O) groups is 1. The molecule has 2 rings (SSSR count). The number of hydrogen-bond acceptors (Lipinski definition) is 4. The van der Waals surface area contributed by atoms with Crippen LogP contribution in [0.4, 0.5) is 0 Å². The van der Waals surface area contributed by atoms with Crippen LogP contribution in [0.1, 0.15) is 22.3 Å². The van der Waals surface area contributed by atoms with Gasteiger partial charge in [-0.3, -0.25) is 4.90 Å². The molecule has 1 aromatic carbocycles. The third kappa shape index (κ3) is 3.43. The van der Waals surface area contributed by atoms with Crippen LogP contribution < -0.4 is 5.73 Å². The molecule has 0 aromatic heterocycles. The van der Waals surface area contributed by atoms with Gasteiger partial charge < -0.3 is 10.5 Å². The van der Waals surface area contributed by atoms with Crippen LogP contribution in [-0.2, 0) is 11.3 Å². The highest BCUT2D eigenvalue weighted by Gasteiger charge is 2.17. The molecule has 4 heteroatoms. The van der Waals surface area contributed by atoms with Gasteiger partial charge in [0.25, 0.3) is 0 Å². The second-order valence-electron chi connectivity index (χ2n) is 4.68. The summed E-state index contributed by atoms with van der Waals surface area (Å²) in [7, 11) is 1.40. The van der Waals surface area contributed by atoms with Crippen molar-refractivity contribution in [2.45, 2.75) is 19.0 Å². The number of ether oxygens (including phenoxy) is 1. The zero-order valence-corrected chi connectivity index (χ0v) is 11.2. The number of carbonyl (C=O) groups excluding carboxylic acids is 1. The van der Waals surface area contributed by atoms with Gasteiger partial charge >= 0.3 is 5.97 Å². The van der Waals surface area contributed by atoms with E-state index in [1.54, 1.807) is 6.07 Å². The van der Waals surface area contributed by atoms with E-state index in [1.165, 1.54) is 7.11 Å². The molecule has 1 aliphatic heterocycles. The van der Waals surface area contributed by atoms with Gasteiger partial charge in [0.1, 0.15) is 0 Å². The van der Waals surface area contributed by atoms with Crippen LogP contribution in [-0.4, -0.2) is 37.1 Å². The predicted molar refractivity (Wildman–Crippen MR) is 74.8 cm³/mol. The summed E-state index contributed by atoms with van der Waals surface area (Å²) in [6, 6.07) is 7.86. The molecule has 1 aliphatic rings. The third-order valence-corrected chi connectivity index (χ3v) is 3.39. The predicted octanol–water partition coefficient (Wildman–Crippen LogP) is 1.56. The van der Waals surface area contributed by atoms with Gasteiger partial charge in [0, 0.05) is 25.7 Å². The summed E-state index contributed by atoms with van der Waals surface area (Å²) in [5.41, 5.74) is 7.48. The van der Waals surface area contributed by atoms with E-state index < -0.39 is 0 Å². The van der Waals surface area contributed by atoms with Crippen molar-refractivity contribution < 1.29 is 9.53 Å². The molecule has 0 amide bonds. The molecule has 19 heavy (non-hydrogen) atoms. The first-order chi connectivity index (χ1) is 9.24. The highest BCUT2D eigenvalue weighted by atomic mass is 16.5. The Morgan fingerprint density at radius 3 is 3.11 bits per heavy atom. The van der Waals surface area contributed by atoms with Gasteiger partial charge in [-0.05, 0) is 24.1 Å². The molecule has 2 N–H and O–H groups in total. The van der Waals surface area contributed by atoms with E-state index in [0.717, 1.165) is 25.1 Å². The number of rotatable bonds is 4. The minimum atomic E-state index is -0.296. The highest BCUT2D eigenvalue weighted by molar-refractivity contribution is 5.89. The molecule has 0 fully saturated rings. The van der Waals surface area contributed by atoms with Crippen LogP contribution >= 0.6 is 0 Å². The fraction of sp³-hybridized carbons (Fsp3) is 0.400. The Hall–Kier alpha value is -1.65. The quantitative estimate of drug-likeness (QED) is 0.659. The van der Waals surface area contributed by atoms with Crippen molar-refractivity contribution in [3.63, 3.8) is 0 Å².